The van der Waals surface area contributed by atoms with E-state index in [4.69, 9.17) is 0 Å². The fourth-order valence-corrected chi connectivity index (χ4v) is 3.84. The molecule has 1 fully saturated rings. The van der Waals surface area contributed by atoms with Crippen LogP contribution in [-0.4, -0.2) is 33.7 Å². The molecule has 26 heavy (non-hydrogen) atoms. The van der Waals surface area contributed by atoms with Gasteiger partial charge in [0.05, 0.1) is 11.7 Å². The van der Waals surface area contributed by atoms with E-state index < -0.39 is 0 Å². The molecule has 1 aliphatic heterocycles. The molecule has 1 aromatic heterocycles. The Morgan fingerprint density at radius 2 is 2.12 bits per heavy atom. The third-order valence-corrected chi connectivity index (χ3v) is 5.56. The van der Waals surface area contributed by atoms with Crippen molar-refractivity contribution in [2.24, 2.45) is 5.92 Å². The number of aromatic nitrogens is 2. The number of halogens is 1. The zero-order chi connectivity index (χ0) is 17.9. The Labute approximate surface area is 153 Å². The minimum atomic E-state index is -0.157. The number of hydrogen-bond donors (Lipinski definition) is 1. The maximum Gasteiger partial charge on any atom is 0.223 e. The summed E-state index contributed by atoms with van der Waals surface area (Å²) in [5, 5.41) is 7.53. The number of carbonyl (C=O) groups excluding carboxylic acids is 1. The standard InChI is InChI=1S/C20H25FN4O/c21-19-7-2-1-4-16(19)12-24-13-17(25-18(14-24)9-11-23-25)8-10-22-20(26)15-5-3-6-15/h1-2,4,7,9,11,15,17H,3,5-6,8,10,12-14H2,(H,22,26). The van der Waals surface area contributed by atoms with Crippen molar-refractivity contribution < 1.29 is 9.18 Å². The van der Waals surface area contributed by atoms with E-state index >= 15 is 0 Å². The molecule has 1 aromatic carbocycles. The van der Waals surface area contributed by atoms with Crippen LogP contribution in [0.3, 0.4) is 0 Å². The van der Waals surface area contributed by atoms with Crippen molar-refractivity contribution in [3.63, 3.8) is 0 Å². The molecule has 1 aliphatic carbocycles. The van der Waals surface area contributed by atoms with Crippen molar-refractivity contribution in [3.05, 3.63) is 53.6 Å². The first kappa shape index (κ1) is 17.2. The van der Waals surface area contributed by atoms with Gasteiger partial charge in [0.1, 0.15) is 5.82 Å². The second kappa shape index (κ2) is 7.58. The molecule has 1 amide bonds. The van der Waals surface area contributed by atoms with Crippen LogP contribution >= 0.6 is 0 Å². The molecule has 2 aliphatic rings. The summed E-state index contributed by atoms with van der Waals surface area (Å²) in [5.41, 5.74) is 1.86. The van der Waals surface area contributed by atoms with E-state index in [-0.39, 0.29) is 23.7 Å². The number of fused-ring (bicyclic) bond motifs is 1. The van der Waals surface area contributed by atoms with Crippen molar-refractivity contribution in [1.29, 1.82) is 0 Å². The maximum atomic E-state index is 14.0. The van der Waals surface area contributed by atoms with Gasteiger partial charge in [-0.05, 0) is 31.4 Å². The zero-order valence-electron chi connectivity index (χ0n) is 14.9. The molecule has 1 unspecified atom stereocenters. The summed E-state index contributed by atoms with van der Waals surface area (Å²) in [5.74, 6) is 0.256. The van der Waals surface area contributed by atoms with Gasteiger partial charge < -0.3 is 5.32 Å². The lowest BCUT2D eigenvalue weighted by molar-refractivity contribution is -0.127. The third kappa shape index (κ3) is 3.65. The van der Waals surface area contributed by atoms with Crippen LogP contribution in [0.5, 0.6) is 0 Å². The van der Waals surface area contributed by atoms with E-state index in [1.165, 1.54) is 12.5 Å². The van der Waals surface area contributed by atoms with Crippen molar-refractivity contribution in [2.45, 2.75) is 44.8 Å². The molecule has 1 atom stereocenters. The first-order valence-corrected chi connectivity index (χ1v) is 9.46. The molecule has 6 heteroatoms. The van der Waals surface area contributed by atoms with Gasteiger partial charge in [-0.1, -0.05) is 24.6 Å². The molecule has 1 saturated carbocycles. The summed E-state index contributed by atoms with van der Waals surface area (Å²) in [7, 11) is 0. The predicted octanol–water partition coefficient (Wildman–Crippen LogP) is 2.89. The van der Waals surface area contributed by atoms with Gasteiger partial charge in [-0.3, -0.25) is 14.4 Å². The van der Waals surface area contributed by atoms with Crippen LogP contribution in [0.2, 0.25) is 0 Å². The van der Waals surface area contributed by atoms with Crippen molar-refractivity contribution >= 4 is 5.91 Å². The number of nitrogens with one attached hydrogen (secondary N) is 1. The summed E-state index contributed by atoms with van der Waals surface area (Å²) in [6.07, 6.45) is 5.87. The number of carbonyl (C=O) groups is 1. The lowest BCUT2D eigenvalue weighted by Crippen LogP contribution is -2.40. The van der Waals surface area contributed by atoms with Crippen LogP contribution in [-0.2, 0) is 17.9 Å². The molecule has 2 aromatic rings. The van der Waals surface area contributed by atoms with Crippen LogP contribution in [0.4, 0.5) is 4.39 Å². The Bertz CT molecular complexity index is 771. The molecule has 0 radical (unpaired) electrons. The van der Waals surface area contributed by atoms with Crippen LogP contribution in [0.15, 0.2) is 36.5 Å². The van der Waals surface area contributed by atoms with Gasteiger partial charge >= 0.3 is 0 Å². The summed E-state index contributed by atoms with van der Waals surface area (Å²) in [6.45, 7) is 2.82. The Hall–Kier alpha value is -2.21. The van der Waals surface area contributed by atoms with Gasteiger partial charge in [0.25, 0.3) is 0 Å². The quantitative estimate of drug-likeness (QED) is 0.866. The molecular formula is C20H25FN4O. The van der Waals surface area contributed by atoms with Crippen LogP contribution in [0.25, 0.3) is 0 Å². The normalized spacial score (nSPS) is 20.4. The maximum absolute atomic E-state index is 14.0. The topological polar surface area (TPSA) is 50.2 Å². The van der Waals surface area contributed by atoms with Gasteiger partial charge in [0.2, 0.25) is 5.91 Å². The number of amides is 1. The molecule has 138 valence electrons. The van der Waals surface area contributed by atoms with Crippen molar-refractivity contribution in [3.8, 4) is 0 Å². The van der Waals surface area contributed by atoms with Gasteiger partial charge in [0.15, 0.2) is 0 Å². The Balaban J connectivity index is 1.38. The average molecular weight is 356 g/mol. The lowest BCUT2D eigenvalue weighted by Gasteiger charge is -2.34. The van der Waals surface area contributed by atoms with Crippen molar-refractivity contribution in [1.82, 2.24) is 20.0 Å². The first-order chi connectivity index (χ1) is 12.7. The Kier molecular flexibility index (Phi) is 5.02. The van der Waals surface area contributed by atoms with E-state index in [0.29, 0.717) is 13.1 Å². The smallest absolute Gasteiger partial charge is 0.223 e. The summed E-state index contributed by atoms with van der Waals surface area (Å²) < 4.78 is 16.1. The molecule has 4 rings (SSSR count). The van der Waals surface area contributed by atoms with E-state index in [1.54, 1.807) is 6.07 Å². The highest BCUT2D eigenvalue weighted by Crippen LogP contribution is 2.27. The first-order valence-electron chi connectivity index (χ1n) is 9.46. The van der Waals surface area contributed by atoms with Crippen LogP contribution in [0, 0.1) is 11.7 Å². The van der Waals surface area contributed by atoms with E-state index in [0.717, 1.165) is 43.6 Å². The highest BCUT2D eigenvalue weighted by Gasteiger charge is 2.27. The average Bonchev–Trinajstić information content (AvgIpc) is 3.04. The van der Waals surface area contributed by atoms with E-state index in [9.17, 15) is 9.18 Å². The van der Waals surface area contributed by atoms with Gasteiger partial charge in [-0.25, -0.2) is 4.39 Å². The van der Waals surface area contributed by atoms with E-state index in [2.05, 4.69) is 20.0 Å². The summed E-state index contributed by atoms with van der Waals surface area (Å²) in [4.78, 5) is 14.3. The molecule has 2 heterocycles. The van der Waals surface area contributed by atoms with Crippen LogP contribution < -0.4 is 5.32 Å². The molecule has 1 N–H and O–H groups in total. The minimum Gasteiger partial charge on any atom is -0.356 e. The number of benzene rings is 1. The highest BCUT2D eigenvalue weighted by atomic mass is 19.1. The zero-order valence-corrected chi connectivity index (χ0v) is 14.9. The second-order valence-corrected chi connectivity index (χ2v) is 7.39. The molecule has 5 nitrogen and oxygen atoms in total. The lowest BCUT2D eigenvalue weighted by atomic mass is 9.85. The molecular weight excluding hydrogens is 331 g/mol. The SMILES string of the molecule is O=C(NCCC1CN(Cc2ccccc2F)Cc2ccnn21)C1CCC1. The van der Waals surface area contributed by atoms with Crippen LogP contribution in [0.1, 0.15) is 43.0 Å². The van der Waals surface area contributed by atoms with E-state index in [1.807, 2.05) is 24.4 Å². The molecule has 0 spiro atoms. The highest BCUT2D eigenvalue weighted by molar-refractivity contribution is 5.79. The fourth-order valence-electron chi connectivity index (χ4n) is 3.84. The third-order valence-electron chi connectivity index (χ3n) is 5.56. The second-order valence-electron chi connectivity index (χ2n) is 7.39. The number of rotatable bonds is 6. The Morgan fingerprint density at radius 3 is 2.88 bits per heavy atom. The minimum absolute atomic E-state index is 0.157. The summed E-state index contributed by atoms with van der Waals surface area (Å²) in [6, 6.07) is 9.17. The molecule has 0 saturated heterocycles. The van der Waals surface area contributed by atoms with Crippen molar-refractivity contribution in [2.75, 3.05) is 13.1 Å². The van der Waals surface area contributed by atoms with Gasteiger partial charge in [0, 0.05) is 43.9 Å². The number of nitrogens with zero attached hydrogens (tertiary/aromatic N) is 3. The largest absolute Gasteiger partial charge is 0.356 e. The molecule has 0 bridgehead atoms. The number of hydrogen-bond acceptors (Lipinski definition) is 3. The fraction of sp³-hybridized carbons (Fsp3) is 0.500. The Morgan fingerprint density at radius 1 is 1.27 bits per heavy atom. The van der Waals surface area contributed by atoms with Gasteiger partial charge in [-0.15, -0.1) is 0 Å². The predicted molar refractivity (Wildman–Crippen MR) is 96.7 cm³/mol. The van der Waals surface area contributed by atoms with Gasteiger partial charge in [-0.2, -0.15) is 5.10 Å². The monoisotopic (exact) mass is 356 g/mol. The summed E-state index contributed by atoms with van der Waals surface area (Å²) >= 11 is 0.